The summed E-state index contributed by atoms with van der Waals surface area (Å²) >= 11 is 0. The number of benzene rings is 1. The second-order valence-corrected chi connectivity index (χ2v) is 9.95. The Balaban J connectivity index is 1.35. The van der Waals surface area contributed by atoms with Gasteiger partial charge in [0, 0.05) is 5.92 Å². The summed E-state index contributed by atoms with van der Waals surface area (Å²) in [5, 5.41) is 38.4. The van der Waals surface area contributed by atoms with E-state index in [4.69, 9.17) is 9.15 Å². The molecule has 3 aliphatic rings. The Morgan fingerprint density at radius 3 is 2.62 bits per heavy atom. The Labute approximate surface area is 214 Å². The molecule has 3 heterocycles. The summed E-state index contributed by atoms with van der Waals surface area (Å²) in [6.07, 6.45) is 3.31. The number of hydrogen-bond donors (Lipinski definition) is 4. The minimum Gasteiger partial charge on any atom is -0.459 e. The molecule has 2 aliphatic heterocycles. The SMILES string of the molecule is C/C(=C\c1ccc(CO)o1)CC[C@H]1OC[C@H]2C1=C(CO)C[C@H]1C(=O)N(c3cccc(B(O)O)c3)C(=O)[C@H]12. The van der Waals surface area contributed by atoms with Crippen molar-refractivity contribution < 1.29 is 39.0 Å². The molecule has 0 unspecified atom stereocenters. The highest BCUT2D eigenvalue weighted by molar-refractivity contribution is 6.58. The molecule has 9 nitrogen and oxygen atoms in total. The van der Waals surface area contributed by atoms with Crippen molar-refractivity contribution in [2.24, 2.45) is 17.8 Å². The maximum absolute atomic E-state index is 13.6. The number of ether oxygens (including phenoxy) is 1. The van der Waals surface area contributed by atoms with Gasteiger partial charge in [-0.05, 0) is 73.1 Å². The van der Waals surface area contributed by atoms with Crippen LogP contribution in [0.3, 0.4) is 0 Å². The smallest absolute Gasteiger partial charge is 0.459 e. The van der Waals surface area contributed by atoms with Gasteiger partial charge in [-0.25, -0.2) is 0 Å². The van der Waals surface area contributed by atoms with Crippen LogP contribution in [0.5, 0.6) is 0 Å². The molecule has 2 amide bonds. The molecular weight excluding hydrogens is 477 g/mol. The molecule has 1 aliphatic carbocycles. The van der Waals surface area contributed by atoms with Gasteiger partial charge in [0.05, 0.1) is 36.8 Å². The van der Waals surface area contributed by atoms with Crippen LogP contribution in [0.1, 0.15) is 37.7 Å². The van der Waals surface area contributed by atoms with Crippen LogP contribution in [-0.4, -0.2) is 58.5 Å². The van der Waals surface area contributed by atoms with Crippen LogP contribution < -0.4 is 10.4 Å². The summed E-state index contributed by atoms with van der Waals surface area (Å²) < 4.78 is 11.7. The van der Waals surface area contributed by atoms with E-state index in [2.05, 4.69) is 0 Å². The Bertz CT molecular complexity index is 1260. The van der Waals surface area contributed by atoms with Gasteiger partial charge >= 0.3 is 7.12 Å². The quantitative estimate of drug-likeness (QED) is 0.237. The monoisotopic (exact) mass is 507 g/mol. The van der Waals surface area contributed by atoms with E-state index in [0.29, 0.717) is 43.1 Å². The zero-order valence-corrected chi connectivity index (χ0v) is 20.5. The van der Waals surface area contributed by atoms with E-state index < -0.39 is 19.0 Å². The first-order chi connectivity index (χ1) is 17.8. The van der Waals surface area contributed by atoms with E-state index in [-0.39, 0.29) is 42.5 Å². The number of nitrogens with zero attached hydrogens (tertiary/aromatic N) is 1. The Kier molecular flexibility index (Phi) is 7.20. The van der Waals surface area contributed by atoms with E-state index in [9.17, 15) is 29.9 Å². The summed E-state index contributed by atoms with van der Waals surface area (Å²) in [5.41, 5.74) is 3.25. The number of rotatable bonds is 8. The number of anilines is 1. The number of amides is 2. The average Bonchev–Trinajstić information content (AvgIpc) is 3.59. The van der Waals surface area contributed by atoms with Gasteiger partial charge in [0.15, 0.2) is 0 Å². The summed E-state index contributed by atoms with van der Waals surface area (Å²) in [6, 6.07) is 9.66. The van der Waals surface area contributed by atoms with Gasteiger partial charge in [-0.2, -0.15) is 0 Å². The van der Waals surface area contributed by atoms with Gasteiger partial charge in [0.25, 0.3) is 0 Å². The average molecular weight is 507 g/mol. The number of aliphatic hydroxyl groups excluding tert-OH is 2. The summed E-state index contributed by atoms with van der Waals surface area (Å²) in [4.78, 5) is 28.1. The van der Waals surface area contributed by atoms with Gasteiger partial charge in [0.2, 0.25) is 11.8 Å². The topological polar surface area (TPSA) is 141 Å². The molecule has 4 atom stereocenters. The lowest BCUT2D eigenvalue weighted by Crippen LogP contribution is -2.35. The lowest BCUT2D eigenvalue weighted by atomic mass is 9.69. The highest BCUT2D eigenvalue weighted by atomic mass is 16.5. The minimum atomic E-state index is -1.71. The zero-order valence-electron chi connectivity index (χ0n) is 20.5. The highest BCUT2D eigenvalue weighted by Gasteiger charge is 2.57. The van der Waals surface area contributed by atoms with Crippen LogP contribution in [0, 0.1) is 17.8 Å². The normalized spacial score (nSPS) is 25.6. The number of fused-ring (bicyclic) bond motifs is 3. The fourth-order valence-corrected chi connectivity index (χ4v) is 5.93. The molecule has 5 rings (SSSR count). The molecule has 0 saturated carbocycles. The summed E-state index contributed by atoms with van der Waals surface area (Å²) in [5.74, 6) is -0.961. The summed E-state index contributed by atoms with van der Waals surface area (Å²) in [6.45, 7) is 1.93. The molecule has 4 N–H and O–H groups in total. The van der Waals surface area contributed by atoms with Gasteiger partial charge in [0.1, 0.15) is 18.1 Å². The number of aliphatic hydroxyl groups is 2. The first-order valence-corrected chi connectivity index (χ1v) is 12.5. The van der Waals surface area contributed by atoms with E-state index >= 15 is 0 Å². The number of furan rings is 1. The maximum Gasteiger partial charge on any atom is 0.488 e. The Hall–Kier alpha value is -3.02. The van der Waals surface area contributed by atoms with Crippen LogP contribution in [0.15, 0.2) is 57.5 Å². The van der Waals surface area contributed by atoms with Crippen molar-refractivity contribution >= 4 is 36.2 Å². The Morgan fingerprint density at radius 1 is 1.11 bits per heavy atom. The van der Waals surface area contributed by atoms with E-state index in [1.54, 1.807) is 24.3 Å². The number of carbonyl (C=O) groups is 2. The summed E-state index contributed by atoms with van der Waals surface area (Å²) in [7, 11) is -1.71. The van der Waals surface area contributed by atoms with Crippen LogP contribution in [0.25, 0.3) is 6.08 Å². The zero-order chi connectivity index (χ0) is 26.3. The van der Waals surface area contributed by atoms with Crippen molar-refractivity contribution in [2.75, 3.05) is 18.1 Å². The molecule has 194 valence electrons. The van der Waals surface area contributed by atoms with Gasteiger partial charge in [-0.3, -0.25) is 14.5 Å². The van der Waals surface area contributed by atoms with Crippen molar-refractivity contribution in [3.63, 3.8) is 0 Å². The van der Waals surface area contributed by atoms with Crippen LogP contribution in [-0.2, 0) is 20.9 Å². The van der Waals surface area contributed by atoms with Crippen molar-refractivity contribution in [1.82, 2.24) is 0 Å². The largest absolute Gasteiger partial charge is 0.488 e. The highest BCUT2D eigenvalue weighted by Crippen LogP contribution is 2.50. The number of hydrogen-bond acceptors (Lipinski definition) is 8. The van der Waals surface area contributed by atoms with Crippen LogP contribution in [0.2, 0.25) is 0 Å². The second kappa shape index (κ2) is 10.4. The molecule has 37 heavy (non-hydrogen) atoms. The predicted molar refractivity (Wildman–Crippen MR) is 135 cm³/mol. The van der Waals surface area contributed by atoms with Crippen LogP contribution in [0.4, 0.5) is 5.69 Å². The van der Waals surface area contributed by atoms with E-state index in [1.807, 2.05) is 13.0 Å². The van der Waals surface area contributed by atoms with Crippen LogP contribution >= 0.6 is 0 Å². The molecule has 2 aromatic rings. The third-order valence-electron chi connectivity index (χ3n) is 7.65. The predicted octanol–water partition coefficient (Wildman–Crippen LogP) is 1.15. The standard InChI is InChI=1S/C27H30BNO8/c1-15(9-19-6-7-20(13-31)37-19)5-8-23-24-16(12-30)10-21-25(22(24)14-36-23)27(33)29(26(21)32)18-4-2-3-17(11-18)28(34)35/h2-4,6-7,9,11,21-23,25,30-31,34-35H,5,8,10,12-14H2,1H3/b15-9+/t21-,22+,23-,25-/m1/s1. The number of imide groups is 1. The maximum atomic E-state index is 13.6. The molecule has 1 aromatic carbocycles. The molecule has 0 bridgehead atoms. The van der Waals surface area contributed by atoms with E-state index in [1.165, 1.54) is 12.1 Å². The van der Waals surface area contributed by atoms with Crippen molar-refractivity contribution in [3.05, 3.63) is 64.6 Å². The number of allylic oxidation sites excluding steroid dienone is 1. The first kappa shape index (κ1) is 25.6. The third-order valence-corrected chi connectivity index (χ3v) is 7.65. The van der Waals surface area contributed by atoms with Gasteiger partial charge < -0.3 is 29.4 Å². The Morgan fingerprint density at radius 2 is 1.92 bits per heavy atom. The van der Waals surface area contributed by atoms with Gasteiger partial charge in [-0.15, -0.1) is 0 Å². The minimum absolute atomic E-state index is 0.155. The lowest BCUT2D eigenvalue weighted by molar-refractivity contribution is -0.122. The molecule has 10 heteroatoms. The second-order valence-electron chi connectivity index (χ2n) is 9.95. The third kappa shape index (κ3) is 4.71. The fourth-order valence-electron chi connectivity index (χ4n) is 5.93. The fraction of sp³-hybridized carbons (Fsp3) is 0.407. The molecule has 0 spiro atoms. The molecular formula is C27H30BNO8. The van der Waals surface area contributed by atoms with Gasteiger partial charge in [-0.1, -0.05) is 17.7 Å². The first-order valence-electron chi connectivity index (χ1n) is 12.5. The van der Waals surface area contributed by atoms with Crippen molar-refractivity contribution in [1.29, 1.82) is 0 Å². The van der Waals surface area contributed by atoms with Crippen molar-refractivity contribution in [2.45, 2.75) is 38.9 Å². The molecule has 2 saturated heterocycles. The molecule has 2 fully saturated rings. The van der Waals surface area contributed by atoms with E-state index in [0.717, 1.165) is 21.6 Å². The number of carbonyl (C=O) groups excluding carboxylic acids is 2. The molecule has 0 radical (unpaired) electrons. The van der Waals surface area contributed by atoms with Crippen molar-refractivity contribution in [3.8, 4) is 0 Å². The molecule has 1 aromatic heterocycles. The lowest BCUT2D eigenvalue weighted by Gasteiger charge is -2.31.